The highest BCUT2D eigenvalue weighted by Gasteiger charge is 1.98. The number of hydrogen-bond donors (Lipinski definition) is 3. The molecule has 0 aliphatic rings. The summed E-state index contributed by atoms with van der Waals surface area (Å²) in [5.74, 6) is 0. The van der Waals surface area contributed by atoms with E-state index in [1.54, 1.807) is 24.5 Å². The smallest absolute Gasteiger partial charge is 0.319 e. The molecule has 0 aliphatic heterocycles. The van der Waals surface area contributed by atoms with Gasteiger partial charge in [0.25, 0.3) is 0 Å². The number of urea groups is 1. The van der Waals surface area contributed by atoms with Crippen molar-refractivity contribution in [2.45, 2.75) is 6.42 Å². The van der Waals surface area contributed by atoms with Gasteiger partial charge in [-0.15, -0.1) is 0 Å². The van der Waals surface area contributed by atoms with Crippen molar-refractivity contribution in [2.75, 3.05) is 18.4 Å². The lowest BCUT2D eigenvalue weighted by Gasteiger charge is -2.05. The van der Waals surface area contributed by atoms with E-state index in [1.165, 1.54) is 0 Å². The third kappa shape index (κ3) is 3.86. The Hall–Kier alpha value is -1.62. The number of amides is 2. The van der Waals surface area contributed by atoms with Gasteiger partial charge in [0, 0.05) is 12.7 Å². The van der Waals surface area contributed by atoms with E-state index < -0.39 is 0 Å². The van der Waals surface area contributed by atoms with Gasteiger partial charge < -0.3 is 16.4 Å². The van der Waals surface area contributed by atoms with Crippen molar-refractivity contribution in [3.05, 3.63) is 24.5 Å². The molecule has 0 spiro atoms. The van der Waals surface area contributed by atoms with Crippen LogP contribution in [-0.2, 0) is 0 Å². The fourth-order valence-electron chi connectivity index (χ4n) is 0.916. The Balaban J connectivity index is 2.27. The van der Waals surface area contributed by atoms with Crippen LogP contribution in [0.3, 0.4) is 0 Å². The summed E-state index contributed by atoms with van der Waals surface area (Å²) >= 11 is 0. The Morgan fingerprint density at radius 1 is 1.57 bits per heavy atom. The molecular weight excluding hydrogens is 180 g/mol. The van der Waals surface area contributed by atoms with Gasteiger partial charge in [-0.3, -0.25) is 4.98 Å². The van der Waals surface area contributed by atoms with Crippen LogP contribution in [0.4, 0.5) is 10.5 Å². The summed E-state index contributed by atoms with van der Waals surface area (Å²) in [6.45, 7) is 1.16. The Morgan fingerprint density at radius 2 is 2.43 bits per heavy atom. The first-order valence-electron chi connectivity index (χ1n) is 4.48. The second kappa shape index (κ2) is 5.93. The summed E-state index contributed by atoms with van der Waals surface area (Å²) in [6.07, 6.45) is 4.01. The van der Waals surface area contributed by atoms with Crippen molar-refractivity contribution >= 4 is 11.7 Å². The zero-order chi connectivity index (χ0) is 10.2. The summed E-state index contributed by atoms with van der Waals surface area (Å²) in [5, 5.41) is 5.32. The first-order chi connectivity index (χ1) is 6.83. The summed E-state index contributed by atoms with van der Waals surface area (Å²) in [7, 11) is 0. The van der Waals surface area contributed by atoms with E-state index in [0.717, 1.165) is 6.42 Å². The van der Waals surface area contributed by atoms with Crippen LogP contribution in [0.15, 0.2) is 24.5 Å². The molecule has 1 aromatic rings. The number of nitrogens with one attached hydrogen (secondary N) is 2. The van der Waals surface area contributed by atoms with Gasteiger partial charge in [0.2, 0.25) is 0 Å². The highest BCUT2D eigenvalue weighted by atomic mass is 16.2. The van der Waals surface area contributed by atoms with Crippen LogP contribution in [0, 0.1) is 0 Å². The third-order valence-corrected chi connectivity index (χ3v) is 1.59. The Bertz CT molecular complexity index is 275. The van der Waals surface area contributed by atoms with E-state index >= 15 is 0 Å². The molecule has 0 fully saturated rings. The molecule has 5 heteroatoms. The molecule has 2 amide bonds. The van der Waals surface area contributed by atoms with E-state index in [1.807, 2.05) is 0 Å². The van der Waals surface area contributed by atoms with Crippen LogP contribution in [0.1, 0.15) is 6.42 Å². The summed E-state index contributed by atoms with van der Waals surface area (Å²) in [6, 6.07) is 3.30. The fourth-order valence-corrected chi connectivity index (χ4v) is 0.916. The maximum Gasteiger partial charge on any atom is 0.319 e. The number of carbonyl (C=O) groups excluding carboxylic acids is 1. The molecule has 0 atom stereocenters. The first-order valence-corrected chi connectivity index (χ1v) is 4.48. The van der Waals surface area contributed by atoms with Gasteiger partial charge in [-0.2, -0.15) is 0 Å². The number of carbonyl (C=O) groups is 1. The van der Waals surface area contributed by atoms with Crippen LogP contribution in [0.25, 0.3) is 0 Å². The number of nitrogens with zero attached hydrogens (tertiary/aromatic N) is 1. The first kappa shape index (κ1) is 10.5. The van der Waals surface area contributed by atoms with E-state index in [4.69, 9.17) is 5.73 Å². The molecule has 0 aliphatic carbocycles. The Morgan fingerprint density at radius 3 is 3.07 bits per heavy atom. The van der Waals surface area contributed by atoms with Crippen molar-refractivity contribution in [3.8, 4) is 0 Å². The van der Waals surface area contributed by atoms with E-state index in [2.05, 4.69) is 15.6 Å². The van der Waals surface area contributed by atoms with Crippen molar-refractivity contribution in [1.82, 2.24) is 10.3 Å². The molecule has 0 bridgehead atoms. The highest BCUT2D eigenvalue weighted by molar-refractivity contribution is 5.88. The molecule has 1 rings (SSSR count). The van der Waals surface area contributed by atoms with Gasteiger partial charge in [0.15, 0.2) is 0 Å². The SMILES string of the molecule is NCCCNC(=O)Nc1cccnc1. The lowest BCUT2D eigenvalue weighted by Crippen LogP contribution is -2.30. The molecule has 0 saturated heterocycles. The molecular formula is C9H14N4O. The average Bonchev–Trinajstić information content (AvgIpc) is 2.20. The molecule has 14 heavy (non-hydrogen) atoms. The summed E-state index contributed by atoms with van der Waals surface area (Å²) < 4.78 is 0. The molecule has 4 N–H and O–H groups in total. The van der Waals surface area contributed by atoms with Crippen LogP contribution < -0.4 is 16.4 Å². The van der Waals surface area contributed by atoms with Crippen molar-refractivity contribution < 1.29 is 4.79 Å². The maximum absolute atomic E-state index is 11.2. The largest absolute Gasteiger partial charge is 0.338 e. The monoisotopic (exact) mass is 194 g/mol. The molecule has 0 radical (unpaired) electrons. The van der Waals surface area contributed by atoms with Gasteiger partial charge in [-0.1, -0.05) is 0 Å². The molecule has 0 unspecified atom stereocenters. The number of hydrogen-bond acceptors (Lipinski definition) is 3. The minimum atomic E-state index is -0.230. The van der Waals surface area contributed by atoms with Crippen LogP contribution in [-0.4, -0.2) is 24.1 Å². The van der Waals surface area contributed by atoms with Crippen molar-refractivity contribution in [2.24, 2.45) is 5.73 Å². The zero-order valence-electron chi connectivity index (χ0n) is 7.86. The van der Waals surface area contributed by atoms with Crippen molar-refractivity contribution in [3.63, 3.8) is 0 Å². The van der Waals surface area contributed by atoms with Gasteiger partial charge in [-0.05, 0) is 25.1 Å². The number of pyridine rings is 1. The minimum Gasteiger partial charge on any atom is -0.338 e. The second-order valence-electron chi connectivity index (χ2n) is 2.76. The second-order valence-corrected chi connectivity index (χ2v) is 2.76. The number of anilines is 1. The summed E-state index contributed by atoms with van der Waals surface area (Å²) in [5.41, 5.74) is 5.96. The van der Waals surface area contributed by atoms with Gasteiger partial charge in [0.05, 0.1) is 11.9 Å². The number of rotatable bonds is 4. The topological polar surface area (TPSA) is 80.0 Å². The quantitative estimate of drug-likeness (QED) is 0.612. The molecule has 76 valence electrons. The number of nitrogens with two attached hydrogens (primary N) is 1. The highest BCUT2D eigenvalue weighted by Crippen LogP contribution is 2.01. The minimum absolute atomic E-state index is 0.230. The Labute approximate surface area is 82.7 Å². The molecule has 0 saturated carbocycles. The lowest BCUT2D eigenvalue weighted by molar-refractivity contribution is 0.252. The molecule has 5 nitrogen and oxygen atoms in total. The van der Waals surface area contributed by atoms with Gasteiger partial charge in [-0.25, -0.2) is 4.79 Å². The van der Waals surface area contributed by atoms with Crippen molar-refractivity contribution in [1.29, 1.82) is 0 Å². The lowest BCUT2D eigenvalue weighted by atomic mass is 10.4. The standard InChI is InChI=1S/C9H14N4O/c10-4-2-6-12-9(14)13-8-3-1-5-11-7-8/h1,3,5,7H,2,4,6,10H2,(H2,12,13,14). The van der Waals surface area contributed by atoms with Crippen LogP contribution >= 0.6 is 0 Å². The molecule has 1 aromatic heterocycles. The number of aromatic nitrogens is 1. The predicted molar refractivity (Wildman–Crippen MR) is 54.9 cm³/mol. The zero-order valence-corrected chi connectivity index (χ0v) is 7.86. The Kier molecular flexibility index (Phi) is 4.43. The predicted octanol–water partition coefficient (Wildman–Crippen LogP) is 0.552. The van der Waals surface area contributed by atoms with Crippen LogP contribution in [0.2, 0.25) is 0 Å². The summed E-state index contributed by atoms with van der Waals surface area (Å²) in [4.78, 5) is 15.1. The molecule has 1 heterocycles. The van der Waals surface area contributed by atoms with E-state index in [0.29, 0.717) is 18.8 Å². The normalized spacial score (nSPS) is 9.50. The van der Waals surface area contributed by atoms with E-state index in [-0.39, 0.29) is 6.03 Å². The van der Waals surface area contributed by atoms with Gasteiger partial charge in [0.1, 0.15) is 0 Å². The average molecular weight is 194 g/mol. The van der Waals surface area contributed by atoms with Gasteiger partial charge >= 0.3 is 6.03 Å². The molecule has 0 aromatic carbocycles. The maximum atomic E-state index is 11.2. The van der Waals surface area contributed by atoms with Crippen LogP contribution in [0.5, 0.6) is 0 Å². The fraction of sp³-hybridized carbons (Fsp3) is 0.333. The third-order valence-electron chi connectivity index (χ3n) is 1.59. The van der Waals surface area contributed by atoms with E-state index in [9.17, 15) is 4.79 Å².